The molecule has 2 fully saturated rings. The second-order valence-electron chi connectivity index (χ2n) is 6.89. The van der Waals surface area contributed by atoms with Gasteiger partial charge in [0.1, 0.15) is 5.82 Å². The molecule has 1 saturated heterocycles. The Kier molecular flexibility index (Phi) is 4.68. The number of hydrogen-bond donors (Lipinski definition) is 0. The summed E-state index contributed by atoms with van der Waals surface area (Å²) in [4.78, 5) is 11.7. The van der Waals surface area contributed by atoms with Crippen molar-refractivity contribution < 1.29 is 0 Å². The smallest absolute Gasteiger partial charge is 0.131 e. The summed E-state index contributed by atoms with van der Waals surface area (Å²) < 4.78 is 0. The third-order valence-corrected chi connectivity index (χ3v) is 5.39. The molecule has 0 spiro atoms. The zero-order chi connectivity index (χ0) is 14.8. The molecule has 21 heavy (non-hydrogen) atoms. The molecule has 3 nitrogen and oxygen atoms in total. The van der Waals surface area contributed by atoms with Gasteiger partial charge in [-0.25, -0.2) is 9.97 Å². The lowest BCUT2D eigenvalue weighted by Gasteiger charge is -2.42. The second-order valence-corrected chi connectivity index (χ2v) is 7.16. The normalized spacial score (nSPS) is 26.0. The van der Waals surface area contributed by atoms with E-state index in [1.807, 2.05) is 6.20 Å². The van der Waals surface area contributed by atoms with E-state index in [2.05, 4.69) is 28.7 Å². The predicted octanol–water partition coefficient (Wildman–Crippen LogP) is 4.36. The summed E-state index contributed by atoms with van der Waals surface area (Å²) in [7, 11) is 0. The molecule has 1 aliphatic heterocycles. The van der Waals surface area contributed by atoms with E-state index in [9.17, 15) is 0 Å². The molecule has 2 unspecified atom stereocenters. The van der Waals surface area contributed by atoms with Gasteiger partial charge in [-0.05, 0) is 24.7 Å². The number of rotatable bonds is 3. The van der Waals surface area contributed by atoms with Crippen molar-refractivity contribution in [2.45, 2.75) is 57.7 Å². The zero-order valence-corrected chi connectivity index (χ0v) is 13.9. The van der Waals surface area contributed by atoms with Crippen LogP contribution in [0.3, 0.4) is 0 Å². The summed E-state index contributed by atoms with van der Waals surface area (Å²) >= 11 is 6.15. The van der Waals surface area contributed by atoms with E-state index in [0.29, 0.717) is 11.8 Å². The molecule has 1 aromatic rings. The average molecular weight is 308 g/mol. The van der Waals surface area contributed by atoms with Gasteiger partial charge in [-0.2, -0.15) is 0 Å². The predicted molar refractivity (Wildman–Crippen MR) is 88.0 cm³/mol. The number of aromatic nitrogens is 2. The Morgan fingerprint density at radius 2 is 2.00 bits per heavy atom. The lowest BCUT2D eigenvalue weighted by atomic mass is 9.75. The first-order valence-corrected chi connectivity index (χ1v) is 8.89. The van der Waals surface area contributed by atoms with E-state index >= 15 is 0 Å². The third kappa shape index (κ3) is 3.18. The number of nitrogens with zero attached hydrogens (tertiary/aromatic N) is 3. The van der Waals surface area contributed by atoms with Crippen LogP contribution in [0.1, 0.15) is 63.4 Å². The van der Waals surface area contributed by atoms with E-state index < -0.39 is 0 Å². The molecular weight excluding hydrogens is 282 g/mol. The van der Waals surface area contributed by atoms with Crippen LogP contribution in [-0.2, 0) is 5.88 Å². The molecule has 2 atom stereocenters. The number of halogens is 1. The highest BCUT2D eigenvalue weighted by molar-refractivity contribution is 6.17. The quantitative estimate of drug-likeness (QED) is 0.777. The number of anilines is 1. The molecular formula is C17H26ClN3. The molecule has 116 valence electrons. The molecule has 0 radical (unpaired) electrons. The van der Waals surface area contributed by atoms with Crippen molar-refractivity contribution in [1.82, 2.24) is 9.97 Å². The number of piperidine rings is 1. The van der Waals surface area contributed by atoms with Gasteiger partial charge in [-0.1, -0.05) is 33.1 Å². The minimum absolute atomic E-state index is 0.352. The van der Waals surface area contributed by atoms with Gasteiger partial charge >= 0.3 is 0 Å². The van der Waals surface area contributed by atoms with Gasteiger partial charge in [-0.15, -0.1) is 11.6 Å². The summed E-state index contributed by atoms with van der Waals surface area (Å²) in [5.41, 5.74) is 2.17. The Morgan fingerprint density at radius 3 is 2.71 bits per heavy atom. The molecule has 1 aromatic heterocycles. The largest absolute Gasteiger partial charge is 0.368 e. The van der Waals surface area contributed by atoms with E-state index in [4.69, 9.17) is 11.6 Å². The van der Waals surface area contributed by atoms with Gasteiger partial charge in [-0.3, -0.25) is 0 Å². The van der Waals surface area contributed by atoms with Crippen molar-refractivity contribution in [2.24, 2.45) is 11.8 Å². The topological polar surface area (TPSA) is 29.0 Å². The molecule has 4 heteroatoms. The van der Waals surface area contributed by atoms with E-state index in [0.717, 1.165) is 29.9 Å². The first kappa shape index (κ1) is 15.1. The van der Waals surface area contributed by atoms with Crippen molar-refractivity contribution in [1.29, 1.82) is 0 Å². The molecule has 2 aliphatic rings. The van der Waals surface area contributed by atoms with Crippen molar-refractivity contribution in [2.75, 3.05) is 18.0 Å². The molecule has 0 N–H and O–H groups in total. The number of hydrogen-bond acceptors (Lipinski definition) is 3. The summed E-state index contributed by atoms with van der Waals surface area (Å²) in [5, 5.41) is 0. The number of fused-ring (bicyclic) bond motifs is 1. The summed E-state index contributed by atoms with van der Waals surface area (Å²) in [6.07, 6.45) is 8.98. The average Bonchev–Trinajstić information content (AvgIpc) is 2.53. The van der Waals surface area contributed by atoms with Crippen LogP contribution in [0, 0.1) is 11.8 Å². The fourth-order valence-corrected chi connectivity index (χ4v) is 4.08. The monoisotopic (exact) mass is 307 g/mol. The van der Waals surface area contributed by atoms with Crippen molar-refractivity contribution in [3.63, 3.8) is 0 Å². The fourth-order valence-electron chi connectivity index (χ4n) is 3.89. The van der Waals surface area contributed by atoms with E-state index in [1.165, 1.54) is 44.3 Å². The number of alkyl halides is 1. The highest BCUT2D eigenvalue weighted by Gasteiger charge is 2.32. The van der Waals surface area contributed by atoms with Gasteiger partial charge in [0, 0.05) is 19.0 Å². The summed E-state index contributed by atoms with van der Waals surface area (Å²) in [6, 6.07) is 0. The molecule has 0 aromatic carbocycles. The molecule has 3 rings (SSSR count). The maximum absolute atomic E-state index is 6.15. The Balaban J connectivity index is 1.80. The maximum atomic E-state index is 6.15. The summed E-state index contributed by atoms with van der Waals surface area (Å²) in [6.45, 7) is 6.55. The van der Waals surface area contributed by atoms with E-state index in [-0.39, 0.29) is 0 Å². The minimum Gasteiger partial charge on any atom is -0.368 e. The Bertz CT molecular complexity index is 489. The minimum atomic E-state index is 0.352. The Hall–Kier alpha value is -0.830. The zero-order valence-electron chi connectivity index (χ0n) is 13.2. The summed E-state index contributed by atoms with van der Waals surface area (Å²) in [5.74, 6) is 3.54. The van der Waals surface area contributed by atoms with Gasteiger partial charge in [0.25, 0.3) is 0 Å². The van der Waals surface area contributed by atoms with Crippen molar-refractivity contribution >= 4 is 17.3 Å². The SMILES string of the molecule is CC(C)c1ncc(N2CCC3CCCCC3C2)c(CCl)n1. The van der Waals surface area contributed by atoms with Crippen LogP contribution in [0.25, 0.3) is 0 Å². The van der Waals surface area contributed by atoms with Crippen molar-refractivity contribution in [3.8, 4) is 0 Å². The fraction of sp³-hybridized carbons (Fsp3) is 0.765. The molecule has 1 aliphatic carbocycles. The van der Waals surface area contributed by atoms with Crippen LogP contribution in [-0.4, -0.2) is 23.1 Å². The molecule has 0 amide bonds. The Morgan fingerprint density at radius 1 is 1.24 bits per heavy atom. The highest BCUT2D eigenvalue weighted by atomic mass is 35.5. The van der Waals surface area contributed by atoms with Crippen LogP contribution >= 0.6 is 11.6 Å². The molecule has 0 bridgehead atoms. The lowest BCUT2D eigenvalue weighted by molar-refractivity contribution is 0.202. The van der Waals surface area contributed by atoms with Crippen LogP contribution in [0.5, 0.6) is 0 Å². The van der Waals surface area contributed by atoms with Crippen LogP contribution in [0.15, 0.2) is 6.20 Å². The first-order chi connectivity index (χ1) is 10.2. The third-order valence-electron chi connectivity index (χ3n) is 5.14. The van der Waals surface area contributed by atoms with Gasteiger partial charge in [0.15, 0.2) is 0 Å². The van der Waals surface area contributed by atoms with Crippen LogP contribution < -0.4 is 4.90 Å². The molecule has 1 saturated carbocycles. The standard InChI is InChI=1S/C17H26ClN3/c1-12(2)17-19-10-16(15(9-18)20-17)21-8-7-13-5-3-4-6-14(13)11-21/h10,12-14H,3-9,11H2,1-2H3. The van der Waals surface area contributed by atoms with Crippen LogP contribution in [0.2, 0.25) is 0 Å². The van der Waals surface area contributed by atoms with Gasteiger partial charge in [0.2, 0.25) is 0 Å². The second kappa shape index (κ2) is 6.51. The molecule has 2 heterocycles. The van der Waals surface area contributed by atoms with E-state index in [1.54, 1.807) is 0 Å². The van der Waals surface area contributed by atoms with Crippen molar-refractivity contribution in [3.05, 3.63) is 17.7 Å². The first-order valence-electron chi connectivity index (χ1n) is 8.35. The lowest BCUT2D eigenvalue weighted by Crippen LogP contribution is -2.42. The highest BCUT2D eigenvalue weighted by Crippen LogP contribution is 2.38. The maximum Gasteiger partial charge on any atom is 0.131 e. The Labute approximate surface area is 133 Å². The van der Waals surface area contributed by atoms with Crippen LogP contribution in [0.4, 0.5) is 5.69 Å². The van der Waals surface area contributed by atoms with Gasteiger partial charge in [0.05, 0.1) is 23.5 Å². The van der Waals surface area contributed by atoms with Gasteiger partial charge < -0.3 is 4.90 Å².